The van der Waals surface area contributed by atoms with Gasteiger partial charge >= 0.3 is 0 Å². The number of rotatable bonds is 5. The molecule has 0 radical (unpaired) electrons. The molecule has 1 aromatic carbocycles. The summed E-state index contributed by atoms with van der Waals surface area (Å²) in [5.74, 6) is -0.418. The van der Waals surface area contributed by atoms with Crippen molar-refractivity contribution in [3.63, 3.8) is 0 Å². The highest BCUT2D eigenvalue weighted by atomic mass is 32.1. The van der Waals surface area contributed by atoms with Crippen LogP contribution in [0.2, 0.25) is 0 Å². The van der Waals surface area contributed by atoms with Gasteiger partial charge in [0.1, 0.15) is 5.82 Å². The molecule has 0 fully saturated rings. The summed E-state index contributed by atoms with van der Waals surface area (Å²) < 4.78 is 14.6. The zero-order valence-electron chi connectivity index (χ0n) is 11.6. The van der Waals surface area contributed by atoms with Gasteiger partial charge in [0.25, 0.3) is 5.91 Å². The minimum atomic E-state index is -0.292. The van der Waals surface area contributed by atoms with Crippen LogP contribution in [0.5, 0.6) is 0 Å². The summed E-state index contributed by atoms with van der Waals surface area (Å²) >= 11 is 1.31. The fraction of sp³-hybridized carbons (Fsp3) is 0.400. The van der Waals surface area contributed by atoms with Crippen LogP contribution in [0.3, 0.4) is 0 Å². The molecule has 0 aliphatic rings. The topological polar surface area (TPSA) is 40.5 Å². The van der Waals surface area contributed by atoms with Crippen LogP contribution < -0.4 is 0 Å². The van der Waals surface area contributed by atoms with Crippen molar-refractivity contribution < 1.29 is 14.3 Å². The van der Waals surface area contributed by atoms with Crippen molar-refractivity contribution in [1.82, 2.24) is 4.90 Å². The molecule has 0 aliphatic carbocycles. The van der Waals surface area contributed by atoms with E-state index >= 15 is 0 Å². The fourth-order valence-corrected chi connectivity index (χ4v) is 3.50. The first-order valence-electron chi connectivity index (χ1n) is 6.67. The Balaban J connectivity index is 2.44. The third-order valence-electron chi connectivity index (χ3n) is 3.25. The molecule has 1 amide bonds. The molecule has 0 saturated carbocycles. The van der Waals surface area contributed by atoms with Gasteiger partial charge in [-0.3, -0.25) is 4.79 Å². The molecule has 1 aromatic heterocycles. The van der Waals surface area contributed by atoms with Gasteiger partial charge in [-0.2, -0.15) is 0 Å². The molecular weight excluding hydrogens is 277 g/mol. The average Bonchev–Trinajstić information content (AvgIpc) is 2.76. The lowest BCUT2D eigenvalue weighted by Gasteiger charge is -2.20. The van der Waals surface area contributed by atoms with Crippen LogP contribution in [0, 0.1) is 12.7 Å². The second-order valence-electron chi connectivity index (χ2n) is 4.68. The molecule has 0 atom stereocenters. The number of hydrogen-bond acceptors (Lipinski definition) is 3. The molecule has 2 aromatic rings. The van der Waals surface area contributed by atoms with Crippen molar-refractivity contribution in [2.45, 2.75) is 20.3 Å². The first kappa shape index (κ1) is 14.9. The Morgan fingerprint density at radius 3 is 2.75 bits per heavy atom. The molecular formula is C15H18FNO2S. The van der Waals surface area contributed by atoms with Crippen molar-refractivity contribution >= 4 is 27.3 Å². The van der Waals surface area contributed by atoms with E-state index in [1.54, 1.807) is 17.9 Å². The molecule has 1 heterocycles. The maximum Gasteiger partial charge on any atom is 0.264 e. The number of carbonyl (C=O) groups excluding carboxylic acids is 1. The van der Waals surface area contributed by atoms with Gasteiger partial charge in [0.05, 0.1) is 11.5 Å². The van der Waals surface area contributed by atoms with Crippen LogP contribution in [-0.4, -0.2) is 35.6 Å². The Morgan fingerprint density at radius 2 is 2.15 bits per heavy atom. The molecule has 2 rings (SSSR count). The van der Waals surface area contributed by atoms with Gasteiger partial charge in [-0.15, -0.1) is 11.3 Å². The minimum Gasteiger partial charge on any atom is -0.395 e. The van der Waals surface area contributed by atoms with Gasteiger partial charge in [-0.05, 0) is 31.0 Å². The van der Waals surface area contributed by atoms with Crippen LogP contribution >= 0.6 is 11.3 Å². The fourth-order valence-electron chi connectivity index (χ4n) is 2.31. The first-order chi connectivity index (χ1) is 9.60. The van der Waals surface area contributed by atoms with Crippen molar-refractivity contribution in [2.24, 2.45) is 0 Å². The summed E-state index contributed by atoms with van der Waals surface area (Å²) in [5.41, 5.74) is 0.687. The standard InChI is InChI=1S/C15H18FNO2S/c1-3-7-17(8-9-18)15(19)14-10(2)13-11(16)5-4-6-12(13)20-14/h4-6,18H,3,7-9H2,1-2H3. The maximum absolute atomic E-state index is 13.9. The van der Waals surface area contributed by atoms with E-state index in [1.807, 2.05) is 13.0 Å². The van der Waals surface area contributed by atoms with Crippen LogP contribution in [0.25, 0.3) is 10.1 Å². The average molecular weight is 295 g/mol. The predicted molar refractivity (Wildman–Crippen MR) is 79.8 cm³/mol. The normalized spacial score (nSPS) is 11.0. The third kappa shape index (κ3) is 2.69. The molecule has 5 heteroatoms. The minimum absolute atomic E-state index is 0.0654. The van der Waals surface area contributed by atoms with E-state index in [2.05, 4.69) is 0 Å². The predicted octanol–water partition coefficient (Wildman–Crippen LogP) is 3.19. The Hall–Kier alpha value is -1.46. The van der Waals surface area contributed by atoms with Crippen LogP contribution in [0.15, 0.2) is 18.2 Å². The van der Waals surface area contributed by atoms with Crippen molar-refractivity contribution in [3.8, 4) is 0 Å². The number of thiophene rings is 1. The van der Waals surface area contributed by atoms with Gasteiger partial charge < -0.3 is 10.0 Å². The second kappa shape index (κ2) is 6.33. The molecule has 0 spiro atoms. The number of aliphatic hydroxyl groups excluding tert-OH is 1. The zero-order valence-corrected chi connectivity index (χ0v) is 12.5. The Kier molecular flexibility index (Phi) is 4.73. The highest BCUT2D eigenvalue weighted by Gasteiger charge is 2.21. The summed E-state index contributed by atoms with van der Waals surface area (Å²) in [4.78, 5) is 14.7. The molecule has 0 aliphatic heterocycles. The molecule has 108 valence electrons. The maximum atomic E-state index is 13.9. The zero-order chi connectivity index (χ0) is 14.7. The number of aryl methyl sites for hydroxylation is 1. The monoisotopic (exact) mass is 295 g/mol. The lowest BCUT2D eigenvalue weighted by Crippen LogP contribution is -2.34. The first-order valence-corrected chi connectivity index (χ1v) is 7.49. The number of halogens is 1. The van der Waals surface area contributed by atoms with Crippen LogP contribution in [0.1, 0.15) is 28.6 Å². The van der Waals surface area contributed by atoms with E-state index in [4.69, 9.17) is 5.11 Å². The van der Waals surface area contributed by atoms with Gasteiger partial charge in [0.15, 0.2) is 0 Å². The summed E-state index contributed by atoms with van der Waals surface area (Å²) in [6.45, 7) is 4.59. The Bertz CT molecular complexity index is 618. The summed E-state index contributed by atoms with van der Waals surface area (Å²) in [7, 11) is 0. The molecule has 0 unspecified atom stereocenters. The van der Waals surface area contributed by atoms with Crippen molar-refractivity contribution in [3.05, 3.63) is 34.5 Å². The van der Waals surface area contributed by atoms with Gasteiger partial charge in [-0.25, -0.2) is 4.39 Å². The smallest absolute Gasteiger partial charge is 0.264 e. The van der Waals surface area contributed by atoms with Crippen molar-refractivity contribution in [1.29, 1.82) is 0 Å². The van der Waals surface area contributed by atoms with Crippen molar-refractivity contribution in [2.75, 3.05) is 19.7 Å². The number of aliphatic hydroxyl groups is 1. The SMILES string of the molecule is CCCN(CCO)C(=O)c1sc2cccc(F)c2c1C. The quantitative estimate of drug-likeness (QED) is 0.920. The Morgan fingerprint density at radius 1 is 1.40 bits per heavy atom. The molecule has 3 nitrogen and oxygen atoms in total. The number of amides is 1. The van der Waals surface area contributed by atoms with E-state index in [0.29, 0.717) is 28.9 Å². The highest BCUT2D eigenvalue weighted by molar-refractivity contribution is 7.21. The Labute approximate surface area is 121 Å². The van der Waals surface area contributed by atoms with E-state index < -0.39 is 0 Å². The molecule has 1 N–H and O–H groups in total. The largest absolute Gasteiger partial charge is 0.395 e. The number of benzene rings is 1. The number of carbonyl (C=O) groups is 1. The van der Waals surface area contributed by atoms with Crippen LogP contribution in [-0.2, 0) is 0 Å². The lowest BCUT2D eigenvalue weighted by atomic mass is 10.1. The van der Waals surface area contributed by atoms with E-state index in [9.17, 15) is 9.18 Å². The third-order valence-corrected chi connectivity index (χ3v) is 4.49. The second-order valence-corrected chi connectivity index (χ2v) is 5.74. The van der Waals surface area contributed by atoms with Crippen LogP contribution in [0.4, 0.5) is 4.39 Å². The molecule has 0 bridgehead atoms. The van der Waals surface area contributed by atoms with E-state index in [1.165, 1.54) is 17.4 Å². The van der Waals surface area contributed by atoms with Gasteiger partial charge in [0.2, 0.25) is 0 Å². The van der Waals surface area contributed by atoms with E-state index in [0.717, 1.165) is 11.1 Å². The van der Waals surface area contributed by atoms with E-state index in [-0.39, 0.29) is 18.3 Å². The molecule has 20 heavy (non-hydrogen) atoms. The highest BCUT2D eigenvalue weighted by Crippen LogP contribution is 2.33. The summed E-state index contributed by atoms with van der Waals surface area (Å²) in [6.07, 6.45) is 0.823. The lowest BCUT2D eigenvalue weighted by molar-refractivity contribution is 0.0726. The number of hydrogen-bond donors (Lipinski definition) is 1. The van der Waals surface area contributed by atoms with Gasteiger partial charge in [-0.1, -0.05) is 13.0 Å². The van der Waals surface area contributed by atoms with Gasteiger partial charge in [0, 0.05) is 23.2 Å². The summed E-state index contributed by atoms with van der Waals surface area (Å²) in [5, 5.41) is 9.59. The summed E-state index contributed by atoms with van der Waals surface area (Å²) in [6, 6.07) is 4.89. The number of nitrogens with zero attached hydrogens (tertiary/aromatic N) is 1. The molecule has 0 saturated heterocycles. The number of fused-ring (bicyclic) bond motifs is 1.